The van der Waals surface area contributed by atoms with Crippen LogP contribution < -0.4 is 10.1 Å². The number of allylic oxidation sites excluding steroid dienone is 1. The first kappa shape index (κ1) is 30.7. The first-order valence-electron chi connectivity index (χ1n) is 14.5. The van der Waals surface area contributed by atoms with Crippen molar-refractivity contribution in [1.29, 1.82) is 0 Å². The molecule has 6 heteroatoms. The summed E-state index contributed by atoms with van der Waals surface area (Å²) in [6, 6.07) is 5.25. The molecule has 0 aromatic heterocycles. The molecule has 1 aromatic rings. The van der Waals surface area contributed by atoms with E-state index in [-0.39, 0.29) is 6.03 Å². The molecule has 1 heterocycles. The number of nitrogens with one attached hydrogen (secondary N) is 1. The minimum atomic E-state index is -0.542. The Morgan fingerprint density at radius 3 is 1.97 bits per heavy atom. The fraction of sp³-hybridized carbons (Fsp3) is 0.677. The quantitative estimate of drug-likeness (QED) is 0.160. The largest absolute Gasteiger partial charge is 0.496 e. The van der Waals surface area contributed by atoms with Gasteiger partial charge in [0.2, 0.25) is 0 Å². The lowest BCUT2D eigenvalue weighted by atomic mass is 9.87. The van der Waals surface area contributed by atoms with Gasteiger partial charge in [0.15, 0.2) is 0 Å². The Labute approximate surface area is 225 Å². The van der Waals surface area contributed by atoms with E-state index in [1.807, 2.05) is 19.1 Å². The number of likely N-dealkylation sites (N-methyl/N-ethyl adjacent to an activating group) is 1. The second-order valence-electron chi connectivity index (χ2n) is 10.2. The SMILES string of the molecule is CCCCCCCCCCCCCCCc1cccc(OC)c1C1C(C(=O)OC)=C(C)NC(=O)N1CC. The van der Waals surface area contributed by atoms with E-state index in [2.05, 4.69) is 18.3 Å². The van der Waals surface area contributed by atoms with Crippen molar-refractivity contribution in [3.63, 3.8) is 0 Å². The summed E-state index contributed by atoms with van der Waals surface area (Å²) >= 11 is 0. The molecular formula is C31H50N2O4. The molecule has 37 heavy (non-hydrogen) atoms. The Morgan fingerprint density at radius 2 is 1.46 bits per heavy atom. The predicted molar refractivity (Wildman–Crippen MR) is 151 cm³/mol. The van der Waals surface area contributed by atoms with Crippen LogP contribution in [0, 0.1) is 0 Å². The lowest BCUT2D eigenvalue weighted by Crippen LogP contribution is -2.48. The van der Waals surface area contributed by atoms with Gasteiger partial charge in [-0.3, -0.25) is 0 Å². The smallest absolute Gasteiger partial charge is 0.337 e. The van der Waals surface area contributed by atoms with Crippen LogP contribution in [0.25, 0.3) is 0 Å². The summed E-state index contributed by atoms with van der Waals surface area (Å²) in [6.45, 7) is 6.40. The number of esters is 1. The van der Waals surface area contributed by atoms with Gasteiger partial charge in [0.05, 0.1) is 25.8 Å². The molecule has 2 amide bonds. The molecule has 1 atom stereocenters. The van der Waals surface area contributed by atoms with Gasteiger partial charge in [-0.25, -0.2) is 9.59 Å². The zero-order valence-electron chi connectivity index (χ0n) is 24.0. The van der Waals surface area contributed by atoms with Gasteiger partial charge < -0.3 is 19.7 Å². The average molecular weight is 515 g/mol. The van der Waals surface area contributed by atoms with Gasteiger partial charge >= 0.3 is 12.0 Å². The lowest BCUT2D eigenvalue weighted by Gasteiger charge is -2.38. The van der Waals surface area contributed by atoms with E-state index in [9.17, 15) is 9.59 Å². The maximum Gasteiger partial charge on any atom is 0.337 e. The number of rotatable bonds is 18. The summed E-state index contributed by atoms with van der Waals surface area (Å²) < 4.78 is 10.9. The van der Waals surface area contributed by atoms with Crippen LogP contribution in [0.15, 0.2) is 29.5 Å². The molecule has 0 spiro atoms. The van der Waals surface area contributed by atoms with Crippen LogP contribution in [0.3, 0.4) is 0 Å². The number of ether oxygens (including phenoxy) is 2. The molecule has 0 saturated heterocycles. The topological polar surface area (TPSA) is 67.9 Å². The van der Waals surface area contributed by atoms with Crippen LogP contribution in [-0.2, 0) is 16.0 Å². The fourth-order valence-electron chi connectivity index (χ4n) is 5.41. The molecule has 1 unspecified atom stereocenters. The van der Waals surface area contributed by atoms with Crippen LogP contribution in [-0.4, -0.2) is 37.7 Å². The standard InChI is InChI=1S/C31H50N2O4/c1-6-8-9-10-11-12-13-14-15-16-17-18-19-21-25-22-20-23-26(36-4)28(25)29-27(30(34)37-5)24(3)32-31(35)33(29)7-2/h20,22-23,29H,6-19,21H2,1-5H3,(H,32,35). The van der Waals surface area contributed by atoms with Crippen molar-refractivity contribution < 1.29 is 19.1 Å². The Morgan fingerprint density at radius 1 is 0.892 bits per heavy atom. The van der Waals surface area contributed by atoms with Crippen LogP contribution in [0.5, 0.6) is 5.75 Å². The van der Waals surface area contributed by atoms with E-state index in [4.69, 9.17) is 9.47 Å². The minimum Gasteiger partial charge on any atom is -0.496 e. The second kappa shape index (κ2) is 17.1. The van der Waals surface area contributed by atoms with E-state index in [1.165, 1.54) is 84.2 Å². The minimum absolute atomic E-state index is 0.213. The molecule has 1 aliphatic heterocycles. The molecule has 6 nitrogen and oxygen atoms in total. The third-order valence-electron chi connectivity index (χ3n) is 7.49. The highest BCUT2D eigenvalue weighted by molar-refractivity contribution is 5.95. The maximum atomic E-state index is 12.9. The van der Waals surface area contributed by atoms with Gasteiger partial charge in [0.1, 0.15) is 5.75 Å². The first-order chi connectivity index (χ1) is 18.0. The van der Waals surface area contributed by atoms with Crippen LogP contribution in [0.4, 0.5) is 4.79 Å². The van der Waals surface area contributed by atoms with Crippen molar-refractivity contribution in [3.05, 3.63) is 40.6 Å². The summed E-state index contributed by atoms with van der Waals surface area (Å²) in [5.74, 6) is 0.262. The highest BCUT2D eigenvalue weighted by Gasteiger charge is 2.40. The molecule has 0 saturated carbocycles. The monoisotopic (exact) mass is 514 g/mol. The number of nitrogens with zero attached hydrogens (tertiary/aromatic N) is 1. The van der Waals surface area contributed by atoms with Gasteiger partial charge in [-0.05, 0) is 38.3 Å². The molecule has 208 valence electrons. The first-order valence-corrected chi connectivity index (χ1v) is 14.5. The molecule has 1 aliphatic rings. The molecule has 0 fully saturated rings. The molecule has 2 rings (SSSR count). The fourth-order valence-corrected chi connectivity index (χ4v) is 5.41. The number of amides is 2. The zero-order chi connectivity index (χ0) is 27.0. The van der Waals surface area contributed by atoms with Gasteiger partial charge in [-0.15, -0.1) is 0 Å². The number of urea groups is 1. The Bertz CT molecular complexity index is 880. The Balaban J connectivity index is 1.98. The van der Waals surface area contributed by atoms with Crippen molar-refractivity contribution in [2.75, 3.05) is 20.8 Å². The average Bonchev–Trinajstić information content (AvgIpc) is 2.90. The summed E-state index contributed by atoms with van der Waals surface area (Å²) in [5, 5.41) is 2.82. The predicted octanol–water partition coefficient (Wildman–Crippen LogP) is 7.86. The number of hydrogen-bond donors (Lipinski definition) is 1. The molecule has 1 aromatic carbocycles. The molecular weight excluding hydrogens is 464 g/mol. The number of benzene rings is 1. The van der Waals surface area contributed by atoms with Crippen molar-refractivity contribution in [2.45, 2.75) is 117 Å². The number of hydrogen-bond acceptors (Lipinski definition) is 4. The molecule has 0 bridgehead atoms. The molecule has 0 aliphatic carbocycles. The molecule has 0 radical (unpaired) electrons. The third-order valence-corrected chi connectivity index (χ3v) is 7.49. The summed E-state index contributed by atoms with van der Waals surface area (Å²) in [5.41, 5.74) is 3.00. The van der Waals surface area contributed by atoms with Crippen molar-refractivity contribution in [2.24, 2.45) is 0 Å². The lowest BCUT2D eigenvalue weighted by molar-refractivity contribution is -0.137. The van der Waals surface area contributed by atoms with Crippen LogP contribution in [0.1, 0.15) is 121 Å². The van der Waals surface area contributed by atoms with Crippen LogP contribution >= 0.6 is 0 Å². The number of methoxy groups -OCH3 is 2. The highest BCUT2D eigenvalue weighted by Crippen LogP contribution is 2.41. The molecule has 1 N–H and O–H groups in total. The van der Waals surface area contributed by atoms with E-state index >= 15 is 0 Å². The summed E-state index contributed by atoms with van der Waals surface area (Å²) in [7, 11) is 3.02. The summed E-state index contributed by atoms with van der Waals surface area (Å²) in [6.07, 6.45) is 18.0. The number of aryl methyl sites for hydroxylation is 1. The maximum absolute atomic E-state index is 12.9. The van der Waals surface area contributed by atoms with Gasteiger partial charge in [0.25, 0.3) is 0 Å². The van der Waals surface area contributed by atoms with E-state index in [0.29, 0.717) is 23.6 Å². The van der Waals surface area contributed by atoms with Gasteiger partial charge in [-0.2, -0.15) is 0 Å². The van der Waals surface area contributed by atoms with E-state index in [1.54, 1.807) is 18.9 Å². The third kappa shape index (κ3) is 9.08. The van der Waals surface area contributed by atoms with Crippen molar-refractivity contribution >= 4 is 12.0 Å². The van der Waals surface area contributed by atoms with Gasteiger partial charge in [-0.1, -0.05) is 96.1 Å². The van der Waals surface area contributed by atoms with E-state index < -0.39 is 12.0 Å². The number of carbonyl (C=O) groups excluding carboxylic acids is 2. The Kier molecular flexibility index (Phi) is 14.2. The number of unbranched alkanes of at least 4 members (excludes halogenated alkanes) is 12. The summed E-state index contributed by atoms with van der Waals surface area (Å²) in [4.78, 5) is 27.4. The highest BCUT2D eigenvalue weighted by atomic mass is 16.5. The Hall–Kier alpha value is -2.50. The van der Waals surface area contributed by atoms with Crippen molar-refractivity contribution in [3.8, 4) is 5.75 Å². The second-order valence-corrected chi connectivity index (χ2v) is 10.2. The van der Waals surface area contributed by atoms with Crippen molar-refractivity contribution in [1.82, 2.24) is 10.2 Å². The number of carbonyl (C=O) groups is 2. The zero-order valence-corrected chi connectivity index (χ0v) is 24.0. The van der Waals surface area contributed by atoms with Gasteiger partial charge in [0, 0.05) is 17.8 Å². The normalized spacial score (nSPS) is 15.6. The van der Waals surface area contributed by atoms with Crippen LogP contribution in [0.2, 0.25) is 0 Å². The van der Waals surface area contributed by atoms with E-state index in [0.717, 1.165) is 24.0 Å².